The molecule has 0 amide bonds. The molecule has 3 heteroatoms. The van der Waals surface area contributed by atoms with Crippen LogP contribution in [-0.2, 0) is 6.54 Å². The maximum absolute atomic E-state index is 10.2. The van der Waals surface area contributed by atoms with Gasteiger partial charge in [0.1, 0.15) is 0 Å². The number of hydrogen-bond acceptors (Lipinski definition) is 3. The maximum atomic E-state index is 10.2. The van der Waals surface area contributed by atoms with Crippen molar-refractivity contribution in [1.29, 1.82) is 0 Å². The van der Waals surface area contributed by atoms with Crippen molar-refractivity contribution in [2.24, 2.45) is 5.92 Å². The predicted octanol–water partition coefficient (Wildman–Crippen LogP) is 2.94. The molecule has 0 saturated carbocycles. The molecular weight excluding hydrogens is 218 g/mol. The zero-order valence-electron chi connectivity index (χ0n) is 10.7. The molecule has 1 heterocycles. The van der Waals surface area contributed by atoms with Crippen molar-refractivity contribution in [2.75, 3.05) is 6.54 Å². The number of nitrogens with one attached hydrogen (secondary N) is 1. The third-order valence-electron chi connectivity index (χ3n) is 3.41. The Morgan fingerprint density at radius 3 is 2.75 bits per heavy atom. The molecule has 0 aliphatic carbocycles. The SMILES string of the molecule is CCC(C)C(C)(O)CNCc1sccc1C. The van der Waals surface area contributed by atoms with E-state index < -0.39 is 5.60 Å². The lowest BCUT2D eigenvalue weighted by atomic mass is 9.89. The highest BCUT2D eigenvalue weighted by atomic mass is 32.1. The molecule has 92 valence electrons. The molecule has 0 fully saturated rings. The number of aryl methyl sites for hydroxylation is 1. The van der Waals surface area contributed by atoms with E-state index in [1.165, 1.54) is 10.4 Å². The summed E-state index contributed by atoms with van der Waals surface area (Å²) in [5.74, 6) is 0.324. The highest BCUT2D eigenvalue weighted by molar-refractivity contribution is 7.10. The van der Waals surface area contributed by atoms with E-state index >= 15 is 0 Å². The van der Waals surface area contributed by atoms with Gasteiger partial charge in [0.25, 0.3) is 0 Å². The molecule has 2 nitrogen and oxygen atoms in total. The summed E-state index contributed by atoms with van der Waals surface area (Å²) in [6.07, 6.45) is 1.01. The zero-order valence-corrected chi connectivity index (χ0v) is 11.5. The molecular formula is C13H23NOS. The smallest absolute Gasteiger partial charge is 0.0768 e. The van der Waals surface area contributed by atoms with Crippen molar-refractivity contribution < 1.29 is 5.11 Å². The average molecular weight is 241 g/mol. The lowest BCUT2D eigenvalue weighted by Gasteiger charge is -2.29. The van der Waals surface area contributed by atoms with Crippen LogP contribution >= 0.6 is 11.3 Å². The monoisotopic (exact) mass is 241 g/mol. The number of hydrogen-bond donors (Lipinski definition) is 2. The number of rotatable bonds is 6. The zero-order chi connectivity index (χ0) is 12.2. The molecule has 1 aromatic heterocycles. The van der Waals surface area contributed by atoms with Crippen molar-refractivity contribution in [3.05, 3.63) is 21.9 Å². The highest BCUT2D eigenvalue weighted by Crippen LogP contribution is 2.20. The van der Waals surface area contributed by atoms with Crippen LogP contribution in [0.1, 0.15) is 37.6 Å². The van der Waals surface area contributed by atoms with Crippen molar-refractivity contribution in [3.8, 4) is 0 Å². The molecule has 0 saturated heterocycles. The van der Waals surface area contributed by atoms with Gasteiger partial charge in [0.2, 0.25) is 0 Å². The Morgan fingerprint density at radius 2 is 2.25 bits per heavy atom. The Balaban J connectivity index is 2.38. The van der Waals surface area contributed by atoms with Gasteiger partial charge in [-0.25, -0.2) is 0 Å². The Kier molecular flexibility index (Phi) is 4.96. The van der Waals surface area contributed by atoms with E-state index in [4.69, 9.17) is 0 Å². The van der Waals surface area contributed by atoms with Crippen molar-refractivity contribution in [3.63, 3.8) is 0 Å². The Labute approximate surface area is 103 Å². The molecule has 2 unspecified atom stereocenters. The van der Waals surface area contributed by atoms with Crippen LogP contribution in [0, 0.1) is 12.8 Å². The molecule has 0 aliphatic rings. The molecule has 0 radical (unpaired) electrons. The lowest BCUT2D eigenvalue weighted by Crippen LogP contribution is -2.42. The van der Waals surface area contributed by atoms with E-state index in [1.54, 1.807) is 11.3 Å². The first-order valence-corrected chi connectivity index (χ1v) is 6.81. The summed E-state index contributed by atoms with van der Waals surface area (Å²) in [6.45, 7) is 9.76. The fraction of sp³-hybridized carbons (Fsp3) is 0.692. The van der Waals surface area contributed by atoms with Crippen molar-refractivity contribution >= 4 is 11.3 Å². The molecule has 1 rings (SSSR count). The third kappa shape index (κ3) is 3.58. The summed E-state index contributed by atoms with van der Waals surface area (Å²) < 4.78 is 0. The first-order valence-electron chi connectivity index (χ1n) is 5.93. The summed E-state index contributed by atoms with van der Waals surface area (Å²) >= 11 is 1.77. The van der Waals surface area contributed by atoms with Gasteiger partial charge in [-0.05, 0) is 36.8 Å². The van der Waals surface area contributed by atoms with Crippen LogP contribution in [0.3, 0.4) is 0 Å². The molecule has 0 bridgehead atoms. The molecule has 1 aromatic rings. The molecule has 2 atom stereocenters. The van der Waals surface area contributed by atoms with Gasteiger partial charge < -0.3 is 10.4 Å². The standard InChI is InChI=1S/C13H23NOS/c1-5-11(3)13(4,15)9-14-8-12-10(2)6-7-16-12/h6-7,11,14-15H,5,8-9H2,1-4H3. The van der Waals surface area contributed by atoms with Crippen LogP contribution < -0.4 is 5.32 Å². The molecule has 16 heavy (non-hydrogen) atoms. The largest absolute Gasteiger partial charge is 0.389 e. The second kappa shape index (κ2) is 5.80. The molecule has 0 aliphatic heterocycles. The highest BCUT2D eigenvalue weighted by Gasteiger charge is 2.26. The normalized spacial score (nSPS) is 17.1. The van der Waals surface area contributed by atoms with Gasteiger partial charge in [0.05, 0.1) is 5.60 Å². The summed E-state index contributed by atoms with van der Waals surface area (Å²) in [6, 6.07) is 2.13. The van der Waals surface area contributed by atoms with E-state index in [0.717, 1.165) is 13.0 Å². The topological polar surface area (TPSA) is 32.3 Å². The molecule has 0 spiro atoms. The van der Waals surface area contributed by atoms with E-state index in [1.807, 2.05) is 6.92 Å². The van der Waals surface area contributed by atoms with Gasteiger partial charge in [-0.2, -0.15) is 0 Å². The van der Waals surface area contributed by atoms with Crippen LogP contribution in [0.2, 0.25) is 0 Å². The van der Waals surface area contributed by atoms with E-state index in [0.29, 0.717) is 12.5 Å². The van der Waals surface area contributed by atoms with Crippen LogP contribution in [-0.4, -0.2) is 17.3 Å². The van der Waals surface area contributed by atoms with Gasteiger partial charge >= 0.3 is 0 Å². The Morgan fingerprint density at radius 1 is 1.56 bits per heavy atom. The fourth-order valence-electron chi connectivity index (χ4n) is 1.63. The molecule has 0 aromatic carbocycles. The summed E-state index contributed by atoms with van der Waals surface area (Å²) in [5.41, 5.74) is 0.723. The minimum atomic E-state index is -0.611. The summed E-state index contributed by atoms with van der Waals surface area (Å²) in [5, 5.41) is 15.7. The van der Waals surface area contributed by atoms with Gasteiger partial charge in [0, 0.05) is 18.0 Å². The minimum Gasteiger partial charge on any atom is -0.389 e. The average Bonchev–Trinajstić information content (AvgIpc) is 2.63. The Hall–Kier alpha value is -0.380. The van der Waals surface area contributed by atoms with Crippen molar-refractivity contribution in [2.45, 2.75) is 46.3 Å². The number of thiophene rings is 1. The third-order valence-corrected chi connectivity index (χ3v) is 4.43. The predicted molar refractivity (Wildman–Crippen MR) is 70.8 cm³/mol. The quantitative estimate of drug-likeness (QED) is 0.802. The van der Waals surface area contributed by atoms with Crippen LogP contribution in [0.25, 0.3) is 0 Å². The minimum absolute atomic E-state index is 0.324. The van der Waals surface area contributed by atoms with Crippen LogP contribution in [0.15, 0.2) is 11.4 Å². The fourth-order valence-corrected chi connectivity index (χ4v) is 2.50. The summed E-state index contributed by atoms with van der Waals surface area (Å²) in [4.78, 5) is 1.36. The second-order valence-corrected chi connectivity index (χ2v) is 5.80. The van der Waals surface area contributed by atoms with Crippen LogP contribution in [0.5, 0.6) is 0 Å². The first kappa shape index (κ1) is 13.7. The number of aliphatic hydroxyl groups is 1. The van der Waals surface area contributed by atoms with E-state index in [2.05, 4.69) is 37.5 Å². The maximum Gasteiger partial charge on any atom is 0.0768 e. The molecule has 2 N–H and O–H groups in total. The second-order valence-electron chi connectivity index (χ2n) is 4.80. The van der Waals surface area contributed by atoms with Gasteiger partial charge in [0.15, 0.2) is 0 Å². The van der Waals surface area contributed by atoms with Gasteiger partial charge in [-0.3, -0.25) is 0 Å². The Bertz CT molecular complexity index is 319. The lowest BCUT2D eigenvalue weighted by molar-refractivity contribution is 0.00539. The first-order chi connectivity index (χ1) is 7.47. The summed E-state index contributed by atoms with van der Waals surface area (Å²) in [7, 11) is 0. The van der Waals surface area contributed by atoms with Crippen LogP contribution in [0.4, 0.5) is 0 Å². The van der Waals surface area contributed by atoms with E-state index in [-0.39, 0.29) is 0 Å². The van der Waals surface area contributed by atoms with Gasteiger partial charge in [-0.1, -0.05) is 20.3 Å². The van der Waals surface area contributed by atoms with Crippen molar-refractivity contribution in [1.82, 2.24) is 5.32 Å². The van der Waals surface area contributed by atoms with Gasteiger partial charge in [-0.15, -0.1) is 11.3 Å². The van der Waals surface area contributed by atoms with E-state index in [9.17, 15) is 5.11 Å².